The topological polar surface area (TPSA) is 50.7 Å². The molecule has 0 saturated heterocycles. The number of H-pyrrole nitrogens is 1. The molecule has 2 heterocycles. The van der Waals surface area contributed by atoms with Gasteiger partial charge in [-0.05, 0) is 24.5 Å². The Labute approximate surface area is 168 Å². The normalized spacial score (nSPS) is 11.2. The molecule has 2 aromatic carbocycles. The highest BCUT2D eigenvalue weighted by molar-refractivity contribution is 7.98. The van der Waals surface area contributed by atoms with E-state index in [1.54, 1.807) is 16.3 Å². The average Bonchev–Trinajstić information content (AvgIpc) is 3.15. The molecule has 0 unspecified atom stereocenters. The van der Waals surface area contributed by atoms with Crippen molar-refractivity contribution in [3.63, 3.8) is 0 Å². The summed E-state index contributed by atoms with van der Waals surface area (Å²) in [5, 5.41) is 0.775. The Morgan fingerprint density at radius 3 is 2.54 bits per heavy atom. The molecule has 0 spiro atoms. The number of hydrogen-bond acceptors (Lipinski definition) is 3. The van der Waals surface area contributed by atoms with Gasteiger partial charge in [0.15, 0.2) is 5.16 Å². The highest BCUT2D eigenvalue weighted by atomic mass is 32.2. The van der Waals surface area contributed by atoms with E-state index in [-0.39, 0.29) is 5.56 Å². The van der Waals surface area contributed by atoms with E-state index < -0.39 is 0 Å². The predicted octanol–water partition coefficient (Wildman–Crippen LogP) is 5.40. The first-order valence-corrected chi connectivity index (χ1v) is 10.5. The fourth-order valence-electron chi connectivity index (χ4n) is 3.27. The van der Waals surface area contributed by atoms with Crippen LogP contribution in [0.3, 0.4) is 0 Å². The Hall–Kier alpha value is -2.79. The summed E-state index contributed by atoms with van der Waals surface area (Å²) in [6.07, 6.45) is 2.77. The predicted molar refractivity (Wildman–Crippen MR) is 117 cm³/mol. The first-order valence-electron chi connectivity index (χ1n) is 9.53. The van der Waals surface area contributed by atoms with Crippen LogP contribution in [0.1, 0.15) is 24.5 Å². The van der Waals surface area contributed by atoms with Gasteiger partial charge in [0, 0.05) is 24.1 Å². The van der Waals surface area contributed by atoms with Crippen LogP contribution in [0.25, 0.3) is 22.2 Å². The van der Waals surface area contributed by atoms with Gasteiger partial charge in [-0.15, -0.1) is 0 Å². The summed E-state index contributed by atoms with van der Waals surface area (Å²) in [4.78, 5) is 21.2. The van der Waals surface area contributed by atoms with Crippen molar-refractivity contribution in [2.24, 2.45) is 0 Å². The van der Waals surface area contributed by atoms with Crippen LogP contribution in [0.4, 0.5) is 0 Å². The molecule has 0 fully saturated rings. The number of fused-ring (bicyclic) bond motifs is 1. The van der Waals surface area contributed by atoms with Crippen molar-refractivity contribution in [3.8, 4) is 11.1 Å². The molecule has 1 N–H and O–H groups in total. The van der Waals surface area contributed by atoms with E-state index >= 15 is 0 Å². The van der Waals surface area contributed by atoms with E-state index in [0.717, 1.165) is 34.0 Å². The van der Waals surface area contributed by atoms with Crippen LogP contribution in [0.15, 0.2) is 70.7 Å². The Morgan fingerprint density at radius 1 is 1.07 bits per heavy atom. The minimum atomic E-state index is 0.000405. The number of aromatic nitrogens is 3. The average molecular weight is 390 g/mol. The number of thioether (sulfide) groups is 1. The molecule has 4 rings (SSSR count). The van der Waals surface area contributed by atoms with E-state index in [0.29, 0.717) is 12.1 Å². The van der Waals surface area contributed by atoms with Crippen LogP contribution in [-0.2, 0) is 12.3 Å². The maximum Gasteiger partial charge on any atom is 0.278 e. The van der Waals surface area contributed by atoms with Crippen LogP contribution in [0.2, 0.25) is 0 Å². The Morgan fingerprint density at radius 2 is 1.82 bits per heavy atom. The maximum atomic E-state index is 13.1. The fraction of sp³-hybridized carbons (Fsp3) is 0.217. The molecule has 142 valence electrons. The van der Waals surface area contributed by atoms with Gasteiger partial charge in [0.25, 0.3) is 5.56 Å². The third-order valence-corrected chi connectivity index (χ3v) is 5.82. The number of nitrogens with zero attached hydrogens (tertiary/aromatic N) is 2. The summed E-state index contributed by atoms with van der Waals surface area (Å²) in [5.41, 5.74) is 5.82. The molecule has 0 bridgehead atoms. The Kier molecular flexibility index (Phi) is 5.35. The van der Waals surface area contributed by atoms with Crippen LogP contribution in [-0.4, -0.2) is 14.5 Å². The Bertz CT molecular complexity index is 1140. The van der Waals surface area contributed by atoms with Gasteiger partial charge in [-0.2, -0.15) is 0 Å². The first kappa shape index (κ1) is 18.6. The molecule has 0 aliphatic heterocycles. The molecule has 0 radical (unpaired) electrons. The summed E-state index contributed by atoms with van der Waals surface area (Å²) >= 11 is 1.62. The molecule has 0 amide bonds. The molecule has 2 aromatic heterocycles. The van der Waals surface area contributed by atoms with Gasteiger partial charge in [-0.3, -0.25) is 9.36 Å². The summed E-state index contributed by atoms with van der Waals surface area (Å²) in [6.45, 7) is 4.83. The third-order valence-electron chi connectivity index (χ3n) is 4.77. The molecule has 0 saturated carbocycles. The lowest BCUT2D eigenvalue weighted by molar-refractivity contribution is 0.584. The van der Waals surface area contributed by atoms with Crippen molar-refractivity contribution >= 4 is 22.8 Å². The van der Waals surface area contributed by atoms with Crippen molar-refractivity contribution < 1.29 is 0 Å². The lowest BCUT2D eigenvalue weighted by Crippen LogP contribution is -2.23. The van der Waals surface area contributed by atoms with Crippen LogP contribution >= 0.6 is 11.8 Å². The van der Waals surface area contributed by atoms with Gasteiger partial charge in [-0.25, -0.2) is 4.98 Å². The number of benzene rings is 2. The minimum absolute atomic E-state index is 0.000405. The SMILES string of the molecule is CCCn1c(SCc2ccc(C)cc2)nc2c(-c3ccccc3)c[nH]c2c1=O. The van der Waals surface area contributed by atoms with Gasteiger partial charge in [-0.1, -0.05) is 78.8 Å². The standard InChI is InChI=1S/C23H23N3OS/c1-3-13-26-22(27)21-20(19(14-24-21)18-7-5-4-6-8-18)25-23(26)28-15-17-11-9-16(2)10-12-17/h4-12,14,24H,3,13,15H2,1-2H3. The lowest BCUT2D eigenvalue weighted by atomic mass is 10.1. The number of rotatable bonds is 6. The fourth-order valence-corrected chi connectivity index (χ4v) is 4.25. The monoisotopic (exact) mass is 389 g/mol. The van der Waals surface area contributed by atoms with Gasteiger partial charge < -0.3 is 4.98 Å². The van der Waals surface area contributed by atoms with Crippen LogP contribution in [0, 0.1) is 6.92 Å². The van der Waals surface area contributed by atoms with Gasteiger partial charge in [0.05, 0.1) is 0 Å². The molecule has 5 heteroatoms. The van der Waals surface area contributed by atoms with Crippen LogP contribution in [0.5, 0.6) is 0 Å². The molecule has 0 aliphatic rings. The second kappa shape index (κ2) is 8.07. The summed E-state index contributed by atoms with van der Waals surface area (Å²) < 4.78 is 1.80. The zero-order valence-electron chi connectivity index (χ0n) is 16.1. The summed E-state index contributed by atoms with van der Waals surface area (Å²) in [6, 6.07) is 18.6. The van der Waals surface area contributed by atoms with Crippen molar-refractivity contribution in [3.05, 3.63) is 82.3 Å². The van der Waals surface area contributed by atoms with Gasteiger partial charge in [0.2, 0.25) is 0 Å². The number of hydrogen-bond donors (Lipinski definition) is 1. The van der Waals surface area contributed by atoms with Crippen molar-refractivity contribution in [2.75, 3.05) is 0 Å². The van der Waals surface area contributed by atoms with Crippen LogP contribution < -0.4 is 5.56 Å². The first-order chi connectivity index (χ1) is 13.7. The zero-order chi connectivity index (χ0) is 19.5. The van der Waals surface area contributed by atoms with Crippen molar-refractivity contribution in [1.82, 2.24) is 14.5 Å². The second-order valence-corrected chi connectivity index (χ2v) is 7.86. The highest BCUT2D eigenvalue weighted by Crippen LogP contribution is 2.28. The smallest absolute Gasteiger partial charge is 0.278 e. The number of nitrogens with one attached hydrogen (secondary N) is 1. The second-order valence-electron chi connectivity index (χ2n) is 6.92. The molecule has 0 atom stereocenters. The highest BCUT2D eigenvalue weighted by Gasteiger charge is 2.16. The zero-order valence-corrected chi connectivity index (χ0v) is 16.9. The third kappa shape index (κ3) is 3.62. The molecule has 0 aliphatic carbocycles. The van der Waals surface area contributed by atoms with E-state index in [1.165, 1.54) is 11.1 Å². The van der Waals surface area contributed by atoms with Crippen molar-refractivity contribution in [2.45, 2.75) is 37.7 Å². The molecular weight excluding hydrogens is 366 g/mol. The number of aryl methyl sites for hydroxylation is 1. The van der Waals surface area contributed by atoms with Gasteiger partial charge >= 0.3 is 0 Å². The van der Waals surface area contributed by atoms with Gasteiger partial charge in [0.1, 0.15) is 11.0 Å². The summed E-state index contributed by atoms with van der Waals surface area (Å²) in [7, 11) is 0. The largest absolute Gasteiger partial charge is 0.355 e. The summed E-state index contributed by atoms with van der Waals surface area (Å²) in [5.74, 6) is 0.785. The molecule has 4 nitrogen and oxygen atoms in total. The Balaban J connectivity index is 1.77. The van der Waals surface area contributed by atoms with E-state index in [4.69, 9.17) is 4.98 Å². The number of aromatic amines is 1. The van der Waals surface area contributed by atoms with E-state index in [2.05, 4.69) is 43.1 Å². The lowest BCUT2D eigenvalue weighted by Gasteiger charge is -2.11. The quantitative estimate of drug-likeness (QED) is 0.355. The van der Waals surface area contributed by atoms with E-state index in [1.807, 2.05) is 36.5 Å². The molecular formula is C23H23N3OS. The maximum absolute atomic E-state index is 13.1. The minimum Gasteiger partial charge on any atom is -0.355 e. The molecule has 28 heavy (non-hydrogen) atoms. The van der Waals surface area contributed by atoms with Crippen molar-refractivity contribution in [1.29, 1.82) is 0 Å². The van der Waals surface area contributed by atoms with E-state index in [9.17, 15) is 4.79 Å². The molecule has 4 aromatic rings.